The molecule has 3 saturated carbocycles. The Bertz CT molecular complexity index is 437. The topological polar surface area (TPSA) is 20.2 Å². The second-order valence-electron chi connectivity index (χ2n) is 10.1. The van der Waals surface area contributed by atoms with Gasteiger partial charge in [-0.15, -0.1) is 0 Å². The highest BCUT2D eigenvalue weighted by molar-refractivity contribution is 5.18. The normalized spacial score (nSPS) is 53.3. The van der Waals surface area contributed by atoms with Gasteiger partial charge in [-0.2, -0.15) is 0 Å². The van der Waals surface area contributed by atoms with E-state index in [9.17, 15) is 5.11 Å². The highest BCUT2D eigenvalue weighted by atomic mass is 16.3. The van der Waals surface area contributed by atoms with E-state index in [0.29, 0.717) is 22.2 Å². The summed E-state index contributed by atoms with van der Waals surface area (Å²) >= 11 is 0. The number of aliphatic hydroxyl groups is 1. The average Bonchev–Trinajstić information content (AvgIpc) is 2.78. The monoisotopic (exact) mass is 306 g/mol. The van der Waals surface area contributed by atoms with Crippen LogP contribution in [0.25, 0.3) is 0 Å². The number of hydrogen-bond donors (Lipinski definition) is 1. The second kappa shape index (κ2) is 4.98. The third-order valence-corrected chi connectivity index (χ3v) is 8.94. The van der Waals surface area contributed by atoms with Crippen molar-refractivity contribution in [1.82, 2.24) is 0 Å². The van der Waals surface area contributed by atoms with Crippen molar-refractivity contribution >= 4 is 0 Å². The fourth-order valence-corrected chi connectivity index (χ4v) is 7.67. The molecule has 0 aliphatic heterocycles. The van der Waals surface area contributed by atoms with Gasteiger partial charge in [0.2, 0.25) is 0 Å². The Morgan fingerprint density at radius 2 is 1.68 bits per heavy atom. The highest BCUT2D eigenvalue weighted by Crippen LogP contribution is 2.75. The summed E-state index contributed by atoms with van der Waals surface area (Å²) in [6.07, 6.45) is 10.2. The van der Waals surface area contributed by atoms with Crippen molar-refractivity contribution in [2.24, 2.45) is 34.0 Å². The van der Waals surface area contributed by atoms with Crippen LogP contribution >= 0.6 is 0 Å². The van der Waals surface area contributed by atoms with Crippen molar-refractivity contribution in [1.29, 1.82) is 0 Å². The molecule has 3 fully saturated rings. The third-order valence-electron chi connectivity index (χ3n) is 8.94. The van der Waals surface area contributed by atoms with Gasteiger partial charge in [0.1, 0.15) is 0 Å². The van der Waals surface area contributed by atoms with Crippen LogP contribution in [-0.4, -0.2) is 10.7 Å². The lowest BCUT2D eigenvalue weighted by Gasteiger charge is -2.68. The van der Waals surface area contributed by atoms with Crippen LogP contribution in [0.15, 0.2) is 0 Å². The second-order valence-corrected chi connectivity index (χ2v) is 10.1. The predicted octanol–water partition coefficient (Wildman–Crippen LogP) is 5.81. The van der Waals surface area contributed by atoms with Crippen LogP contribution in [0.1, 0.15) is 92.9 Å². The number of rotatable bonds is 3. The third kappa shape index (κ3) is 1.93. The molecule has 6 atom stereocenters. The van der Waals surface area contributed by atoms with E-state index in [-0.39, 0.29) is 0 Å². The van der Waals surface area contributed by atoms with E-state index in [4.69, 9.17) is 0 Å². The van der Waals surface area contributed by atoms with Crippen LogP contribution in [0.3, 0.4) is 0 Å². The summed E-state index contributed by atoms with van der Waals surface area (Å²) in [5, 5.41) is 11.1. The van der Waals surface area contributed by atoms with Crippen molar-refractivity contribution in [3.63, 3.8) is 0 Å². The smallest absolute Gasteiger partial charge is 0.0651 e. The molecular formula is C21H38O. The first-order valence-electron chi connectivity index (χ1n) is 9.87. The van der Waals surface area contributed by atoms with Crippen LogP contribution < -0.4 is 0 Å². The molecule has 0 aromatic rings. The van der Waals surface area contributed by atoms with Gasteiger partial charge in [-0.05, 0) is 79.4 Å². The molecule has 128 valence electrons. The van der Waals surface area contributed by atoms with E-state index in [2.05, 4.69) is 41.5 Å². The van der Waals surface area contributed by atoms with Gasteiger partial charge in [-0.1, -0.05) is 47.5 Å². The van der Waals surface area contributed by atoms with E-state index in [1.54, 1.807) is 0 Å². The highest BCUT2D eigenvalue weighted by Gasteiger charge is 2.69. The minimum absolute atomic E-state index is 0.418. The van der Waals surface area contributed by atoms with Crippen LogP contribution in [0.2, 0.25) is 0 Å². The molecule has 22 heavy (non-hydrogen) atoms. The van der Waals surface area contributed by atoms with Crippen molar-refractivity contribution in [2.45, 2.75) is 98.5 Å². The van der Waals surface area contributed by atoms with E-state index in [0.717, 1.165) is 18.3 Å². The van der Waals surface area contributed by atoms with Crippen LogP contribution in [0, 0.1) is 34.0 Å². The molecule has 3 aliphatic rings. The summed E-state index contributed by atoms with van der Waals surface area (Å²) in [7, 11) is 0. The minimum Gasteiger partial charge on any atom is -0.390 e. The van der Waals surface area contributed by atoms with Gasteiger partial charge in [-0.3, -0.25) is 0 Å². The molecule has 0 spiro atoms. The first kappa shape index (κ1) is 16.8. The molecule has 0 aromatic carbocycles. The van der Waals surface area contributed by atoms with Gasteiger partial charge in [0, 0.05) is 0 Å². The zero-order valence-corrected chi connectivity index (χ0v) is 15.8. The molecule has 0 saturated heterocycles. The Balaban J connectivity index is 2.11. The van der Waals surface area contributed by atoms with E-state index in [1.165, 1.54) is 44.9 Å². The van der Waals surface area contributed by atoms with E-state index >= 15 is 0 Å². The molecule has 0 amide bonds. The maximum atomic E-state index is 11.1. The Labute approximate surface area is 138 Å². The molecule has 0 heterocycles. The summed E-state index contributed by atoms with van der Waals surface area (Å²) in [4.78, 5) is 0. The Hall–Kier alpha value is -0.0400. The predicted molar refractivity (Wildman–Crippen MR) is 93.7 cm³/mol. The molecule has 0 aromatic heterocycles. The lowest BCUT2D eigenvalue weighted by atomic mass is 9.37. The Morgan fingerprint density at radius 1 is 1.00 bits per heavy atom. The zero-order chi connectivity index (χ0) is 16.4. The fraction of sp³-hybridized carbons (Fsp3) is 1.00. The molecule has 6 unspecified atom stereocenters. The zero-order valence-electron chi connectivity index (χ0n) is 15.8. The Kier molecular flexibility index (Phi) is 3.80. The lowest BCUT2D eigenvalue weighted by molar-refractivity contribution is -0.215. The first-order chi connectivity index (χ1) is 10.1. The number of hydrogen-bond acceptors (Lipinski definition) is 1. The van der Waals surface area contributed by atoms with Crippen LogP contribution in [-0.2, 0) is 0 Å². The molecular weight excluding hydrogens is 268 g/mol. The largest absolute Gasteiger partial charge is 0.390 e. The molecule has 1 N–H and O–H groups in total. The molecule has 1 heteroatoms. The van der Waals surface area contributed by atoms with Gasteiger partial charge in [0.05, 0.1) is 5.60 Å². The maximum absolute atomic E-state index is 11.1. The summed E-state index contributed by atoms with van der Waals surface area (Å²) < 4.78 is 0. The van der Waals surface area contributed by atoms with Crippen molar-refractivity contribution in [2.75, 3.05) is 0 Å². The maximum Gasteiger partial charge on any atom is 0.0651 e. The van der Waals surface area contributed by atoms with Crippen molar-refractivity contribution < 1.29 is 5.11 Å². The molecule has 1 nitrogen and oxygen atoms in total. The quantitative estimate of drug-likeness (QED) is 0.698. The first-order valence-corrected chi connectivity index (χ1v) is 9.87. The van der Waals surface area contributed by atoms with E-state index in [1.807, 2.05) is 0 Å². The summed E-state index contributed by atoms with van der Waals surface area (Å²) in [6, 6.07) is 0. The molecule has 3 rings (SSSR count). The SMILES string of the molecule is CCCC1CC2(C)CCC3C2C(CC)(CCC3(C)O)C1(C)C. The fourth-order valence-electron chi connectivity index (χ4n) is 7.67. The van der Waals surface area contributed by atoms with Gasteiger partial charge in [0.15, 0.2) is 0 Å². The molecule has 0 bridgehead atoms. The summed E-state index contributed by atoms with van der Waals surface area (Å²) in [5.74, 6) is 2.13. The van der Waals surface area contributed by atoms with Gasteiger partial charge in [0.25, 0.3) is 0 Å². The minimum atomic E-state index is -0.422. The van der Waals surface area contributed by atoms with Gasteiger partial charge < -0.3 is 5.11 Å². The van der Waals surface area contributed by atoms with Crippen LogP contribution in [0.5, 0.6) is 0 Å². The molecule has 3 aliphatic carbocycles. The standard InChI is InChI=1S/C21H38O/c1-7-9-15-14-19(5)11-10-16-17(19)21(8-2,18(15,3)4)13-12-20(16,6)22/h15-17,22H,7-14H2,1-6H3. The summed E-state index contributed by atoms with van der Waals surface area (Å²) in [5.41, 5.74) is 0.916. The van der Waals surface area contributed by atoms with E-state index < -0.39 is 5.60 Å². The van der Waals surface area contributed by atoms with Gasteiger partial charge in [-0.25, -0.2) is 0 Å². The van der Waals surface area contributed by atoms with Gasteiger partial charge >= 0.3 is 0 Å². The van der Waals surface area contributed by atoms with Crippen LogP contribution in [0.4, 0.5) is 0 Å². The molecule has 0 radical (unpaired) electrons. The Morgan fingerprint density at radius 3 is 2.27 bits per heavy atom. The summed E-state index contributed by atoms with van der Waals surface area (Å²) in [6.45, 7) is 14.6. The average molecular weight is 307 g/mol. The lowest BCUT2D eigenvalue weighted by Crippen LogP contribution is -2.63. The van der Waals surface area contributed by atoms with Crippen molar-refractivity contribution in [3.8, 4) is 0 Å². The van der Waals surface area contributed by atoms with Crippen molar-refractivity contribution in [3.05, 3.63) is 0 Å².